The predicted octanol–water partition coefficient (Wildman–Crippen LogP) is 3.33. The van der Waals surface area contributed by atoms with Crippen LogP contribution in [0.15, 0.2) is 42.5 Å². The molecule has 138 valence electrons. The third-order valence-corrected chi connectivity index (χ3v) is 3.86. The minimum absolute atomic E-state index is 0.490. The molecule has 6 heteroatoms. The summed E-state index contributed by atoms with van der Waals surface area (Å²) >= 11 is 0. The van der Waals surface area contributed by atoms with Crippen LogP contribution in [-0.4, -0.2) is 41.5 Å². The highest BCUT2D eigenvalue weighted by Crippen LogP contribution is 2.38. The van der Waals surface area contributed by atoms with Crippen molar-refractivity contribution < 1.29 is 28.5 Å². The Morgan fingerprint density at radius 2 is 1.19 bits per heavy atom. The average Bonchev–Trinajstić information content (AvgIpc) is 2.70. The zero-order valence-electron chi connectivity index (χ0n) is 15.5. The van der Waals surface area contributed by atoms with Crippen molar-refractivity contribution in [1.82, 2.24) is 0 Å². The second-order valence-corrected chi connectivity index (χ2v) is 5.21. The van der Waals surface area contributed by atoms with Gasteiger partial charge in [-0.1, -0.05) is 0 Å². The molecule has 0 saturated heterocycles. The lowest BCUT2D eigenvalue weighted by molar-refractivity contribution is -0.134. The topological polar surface area (TPSA) is 63.2 Å². The van der Waals surface area contributed by atoms with Gasteiger partial charge >= 0.3 is 5.97 Å². The SMILES string of the molecule is COC(=O)C=C(c1ccc(OC)cc1OC)c1ccc(OC)cc1OC. The largest absolute Gasteiger partial charge is 0.497 e. The Hall–Kier alpha value is -3.15. The smallest absolute Gasteiger partial charge is 0.331 e. The van der Waals surface area contributed by atoms with Crippen molar-refractivity contribution in [1.29, 1.82) is 0 Å². The Bertz CT molecular complexity index is 752. The Morgan fingerprint density at radius 1 is 0.731 bits per heavy atom. The van der Waals surface area contributed by atoms with Gasteiger partial charge < -0.3 is 23.7 Å². The second kappa shape index (κ2) is 8.80. The summed E-state index contributed by atoms with van der Waals surface area (Å²) in [5.41, 5.74) is 1.99. The molecule has 6 nitrogen and oxygen atoms in total. The molecular weight excluding hydrogens is 336 g/mol. The molecule has 0 spiro atoms. The summed E-state index contributed by atoms with van der Waals surface area (Å²) in [5.74, 6) is 1.90. The zero-order valence-corrected chi connectivity index (χ0v) is 15.5. The van der Waals surface area contributed by atoms with Crippen molar-refractivity contribution in [3.8, 4) is 23.0 Å². The van der Waals surface area contributed by atoms with Crippen molar-refractivity contribution in [3.05, 3.63) is 53.6 Å². The van der Waals surface area contributed by atoms with Gasteiger partial charge in [0, 0.05) is 34.9 Å². The first-order chi connectivity index (χ1) is 12.6. The fourth-order valence-electron chi connectivity index (χ4n) is 2.52. The minimum Gasteiger partial charge on any atom is -0.497 e. The Kier molecular flexibility index (Phi) is 6.49. The first-order valence-corrected chi connectivity index (χ1v) is 7.82. The molecule has 0 aromatic heterocycles. The lowest BCUT2D eigenvalue weighted by atomic mass is 9.95. The monoisotopic (exact) mass is 358 g/mol. The molecule has 2 rings (SSSR count). The van der Waals surface area contributed by atoms with E-state index in [1.165, 1.54) is 13.2 Å². The van der Waals surface area contributed by atoms with Crippen LogP contribution in [-0.2, 0) is 9.53 Å². The summed E-state index contributed by atoms with van der Waals surface area (Å²) in [6, 6.07) is 10.7. The molecule has 0 N–H and O–H groups in total. The molecule has 0 atom stereocenters. The van der Waals surface area contributed by atoms with Gasteiger partial charge in [-0.15, -0.1) is 0 Å². The highest BCUT2D eigenvalue weighted by molar-refractivity contribution is 5.98. The van der Waals surface area contributed by atoms with E-state index >= 15 is 0 Å². The van der Waals surface area contributed by atoms with Gasteiger partial charge in [-0.3, -0.25) is 0 Å². The molecule has 0 aliphatic rings. The summed E-state index contributed by atoms with van der Waals surface area (Å²) in [4.78, 5) is 12.0. The lowest BCUT2D eigenvalue weighted by Crippen LogP contribution is -2.02. The Balaban J connectivity index is 2.70. The van der Waals surface area contributed by atoms with E-state index in [9.17, 15) is 4.79 Å². The molecule has 2 aromatic carbocycles. The minimum atomic E-state index is -0.490. The highest BCUT2D eigenvalue weighted by Gasteiger charge is 2.18. The van der Waals surface area contributed by atoms with Crippen molar-refractivity contribution >= 4 is 11.5 Å². The fraction of sp³-hybridized carbons (Fsp3) is 0.250. The van der Waals surface area contributed by atoms with Crippen LogP contribution >= 0.6 is 0 Å². The van der Waals surface area contributed by atoms with Crippen LogP contribution in [0.2, 0.25) is 0 Å². The van der Waals surface area contributed by atoms with Gasteiger partial charge in [-0.05, 0) is 24.3 Å². The van der Waals surface area contributed by atoms with Crippen LogP contribution in [0.3, 0.4) is 0 Å². The highest BCUT2D eigenvalue weighted by atomic mass is 16.5. The first kappa shape index (κ1) is 19.2. The number of methoxy groups -OCH3 is 5. The van der Waals surface area contributed by atoms with Gasteiger partial charge in [-0.2, -0.15) is 0 Å². The number of rotatable bonds is 7. The molecule has 0 fully saturated rings. The Morgan fingerprint density at radius 3 is 1.54 bits per heavy atom. The number of esters is 1. The van der Waals surface area contributed by atoms with Gasteiger partial charge in [0.05, 0.1) is 35.5 Å². The number of ether oxygens (including phenoxy) is 5. The Labute approximate surface area is 152 Å². The normalized spacial score (nSPS) is 9.88. The van der Waals surface area contributed by atoms with E-state index in [1.807, 2.05) is 12.1 Å². The van der Waals surface area contributed by atoms with Gasteiger partial charge in [0.25, 0.3) is 0 Å². The first-order valence-electron chi connectivity index (χ1n) is 7.82. The molecule has 0 aliphatic carbocycles. The maximum atomic E-state index is 12.0. The van der Waals surface area contributed by atoms with E-state index < -0.39 is 5.97 Å². The average molecular weight is 358 g/mol. The van der Waals surface area contributed by atoms with Crippen molar-refractivity contribution in [2.45, 2.75) is 0 Å². The molecule has 0 saturated carbocycles. The van der Waals surface area contributed by atoms with Gasteiger partial charge in [-0.25, -0.2) is 4.79 Å². The van der Waals surface area contributed by atoms with E-state index in [4.69, 9.17) is 23.7 Å². The third kappa shape index (κ3) is 4.08. The maximum Gasteiger partial charge on any atom is 0.331 e. The van der Waals surface area contributed by atoms with Crippen LogP contribution in [0, 0.1) is 0 Å². The van der Waals surface area contributed by atoms with E-state index in [-0.39, 0.29) is 0 Å². The van der Waals surface area contributed by atoms with Crippen molar-refractivity contribution in [2.24, 2.45) is 0 Å². The lowest BCUT2D eigenvalue weighted by Gasteiger charge is -2.17. The number of carbonyl (C=O) groups is 1. The van der Waals surface area contributed by atoms with Crippen molar-refractivity contribution in [3.63, 3.8) is 0 Å². The summed E-state index contributed by atoms with van der Waals surface area (Å²) in [6.45, 7) is 0. The summed E-state index contributed by atoms with van der Waals surface area (Å²) in [5, 5.41) is 0. The molecule has 0 amide bonds. The van der Waals surface area contributed by atoms with Gasteiger partial charge in [0.2, 0.25) is 0 Å². The van der Waals surface area contributed by atoms with Gasteiger partial charge in [0.15, 0.2) is 0 Å². The van der Waals surface area contributed by atoms with Crippen LogP contribution in [0.5, 0.6) is 23.0 Å². The summed E-state index contributed by atoms with van der Waals surface area (Å²) < 4.78 is 26.3. The maximum absolute atomic E-state index is 12.0. The molecular formula is C20H22O6. The number of hydrogen-bond donors (Lipinski definition) is 0. The van der Waals surface area contributed by atoms with Crippen molar-refractivity contribution in [2.75, 3.05) is 35.5 Å². The number of benzene rings is 2. The molecule has 0 radical (unpaired) electrons. The number of carbonyl (C=O) groups excluding carboxylic acids is 1. The number of hydrogen-bond acceptors (Lipinski definition) is 6. The van der Waals surface area contributed by atoms with Crippen LogP contribution in [0.4, 0.5) is 0 Å². The standard InChI is InChI=1S/C20H22O6/c1-22-13-6-8-15(18(10-13)24-3)17(12-20(21)26-5)16-9-7-14(23-2)11-19(16)25-4/h6-12H,1-5H3. The molecule has 2 aromatic rings. The van der Waals surface area contributed by atoms with E-state index in [0.29, 0.717) is 39.7 Å². The third-order valence-electron chi connectivity index (χ3n) is 3.86. The summed E-state index contributed by atoms with van der Waals surface area (Å²) in [7, 11) is 7.59. The fourth-order valence-corrected chi connectivity index (χ4v) is 2.52. The molecule has 26 heavy (non-hydrogen) atoms. The molecule has 0 heterocycles. The molecule has 0 aliphatic heterocycles. The second-order valence-electron chi connectivity index (χ2n) is 5.21. The summed E-state index contributed by atoms with van der Waals surface area (Å²) in [6.07, 6.45) is 1.40. The van der Waals surface area contributed by atoms with Crippen LogP contribution < -0.4 is 18.9 Å². The van der Waals surface area contributed by atoms with Crippen LogP contribution in [0.25, 0.3) is 5.57 Å². The van der Waals surface area contributed by atoms with E-state index in [1.54, 1.807) is 52.7 Å². The molecule has 0 bridgehead atoms. The zero-order chi connectivity index (χ0) is 19.1. The van der Waals surface area contributed by atoms with E-state index in [0.717, 1.165) is 0 Å². The quantitative estimate of drug-likeness (QED) is 0.559. The molecule has 0 unspecified atom stereocenters. The van der Waals surface area contributed by atoms with E-state index in [2.05, 4.69) is 0 Å². The van der Waals surface area contributed by atoms with Gasteiger partial charge in [0.1, 0.15) is 23.0 Å². The van der Waals surface area contributed by atoms with Crippen LogP contribution in [0.1, 0.15) is 11.1 Å². The predicted molar refractivity (Wildman–Crippen MR) is 98.2 cm³/mol.